The van der Waals surface area contributed by atoms with Crippen molar-refractivity contribution in [2.24, 2.45) is 5.92 Å². The third-order valence-electron chi connectivity index (χ3n) is 5.46. The standard InChI is InChI=1S/C18H28N4O3/c1-12-16(13(2)25-19-12)7-8-17(23)22-10-14-5-6-15(22)11-21(9-14)18(24)20(3)4/h14-15H,5-11H2,1-4H3/t14-,15+/m1/s1. The number of hydrogen-bond acceptors (Lipinski definition) is 4. The average Bonchev–Trinajstić information content (AvgIpc) is 2.77. The van der Waals surface area contributed by atoms with Crippen molar-refractivity contribution in [1.82, 2.24) is 19.9 Å². The normalized spacial score (nSPS) is 22.9. The number of amides is 3. The summed E-state index contributed by atoms with van der Waals surface area (Å²) in [6.07, 6.45) is 3.20. The molecule has 4 rings (SSSR count). The van der Waals surface area contributed by atoms with Crippen molar-refractivity contribution in [1.29, 1.82) is 0 Å². The van der Waals surface area contributed by atoms with Crippen LogP contribution < -0.4 is 0 Å². The van der Waals surface area contributed by atoms with Crippen LogP contribution in [0.25, 0.3) is 0 Å². The number of urea groups is 1. The zero-order chi connectivity index (χ0) is 18.1. The highest BCUT2D eigenvalue weighted by molar-refractivity contribution is 5.78. The summed E-state index contributed by atoms with van der Waals surface area (Å²) in [5.41, 5.74) is 1.91. The molecule has 0 spiro atoms. The summed E-state index contributed by atoms with van der Waals surface area (Å²) in [6.45, 7) is 5.96. The molecule has 0 N–H and O–H groups in total. The van der Waals surface area contributed by atoms with E-state index in [4.69, 9.17) is 4.52 Å². The maximum atomic E-state index is 12.8. The SMILES string of the molecule is Cc1noc(C)c1CCC(=O)N1C[C@@H]2CC[C@H]1CN(C(=O)N(C)C)C2. The molecular weight excluding hydrogens is 320 g/mol. The highest BCUT2D eigenvalue weighted by Crippen LogP contribution is 2.29. The number of carbonyl (C=O) groups is 2. The fraction of sp³-hybridized carbons (Fsp3) is 0.722. The van der Waals surface area contributed by atoms with Crippen LogP contribution in [0.5, 0.6) is 0 Å². The van der Waals surface area contributed by atoms with Gasteiger partial charge in [-0.2, -0.15) is 0 Å². The molecule has 25 heavy (non-hydrogen) atoms. The Balaban J connectivity index is 1.65. The van der Waals surface area contributed by atoms with Gasteiger partial charge in [-0.1, -0.05) is 5.16 Å². The van der Waals surface area contributed by atoms with E-state index >= 15 is 0 Å². The molecule has 3 aliphatic heterocycles. The first-order chi connectivity index (χ1) is 11.9. The van der Waals surface area contributed by atoms with Gasteiger partial charge in [0.05, 0.1) is 5.69 Å². The van der Waals surface area contributed by atoms with Crippen LogP contribution in [0.1, 0.15) is 36.3 Å². The summed E-state index contributed by atoms with van der Waals surface area (Å²) in [6, 6.07) is 0.182. The molecule has 7 nitrogen and oxygen atoms in total. The molecule has 0 aliphatic carbocycles. The van der Waals surface area contributed by atoms with Gasteiger partial charge in [-0.3, -0.25) is 4.79 Å². The van der Waals surface area contributed by atoms with Gasteiger partial charge in [0.2, 0.25) is 5.91 Å². The van der Waals surface area contributed by atoms with E-state index < -0.39 is 0 Å². The first-order valence-electron chi connectivity index (χ1n) is 9.04. The van der Waals surface area contributed by atoms with Gasteiger partial charge in [0, 0.05) is 51.8 Å². The summed E-state index contributed by atoms with van der Waals surface area (Å²) in [5.74, 6) is 1.35. The molecule has 2 bridgehead atoms. The maximum absolute atomic E-state index is 12.8. The minimum Gasteiger partial charge on any atom is -0.361 e. The Labute approximate surface area is 148 Å². The number of rotatable bonds is 3. The molecule has 0 saturated carbocycles. The summed E-state index contributed by atoms with van der Waals surface area (Å²) < 4.78 is 5.18. The van der Waals surface area contributed by atoms with Crippen molar-refractivity contribution in [3.05, 3.63) is 17.0 Å². The Morgan fingerprint density at radius 2 is 1.96 bits per heavy atom. The number of fused-ring (bicyclic) bond motifs is 4. The van der Waals surface area contributed by atoms with Crippen LogP contribution in [0, 0.1) is 19.8 Å². The van der Waals surface area contributed by atoms with Crippen molar-refractivity contribution in [2.45, 2.75) is 45.6 Å². The first-order valence-corrected chi connectivity index (χ1v) is 9.04. The fourth-order valence-electron chi connectivity index (χ4n) is 4.06. The van der Waals surface area contributed by atoms with Gasteiger partial charge in [-0.05, 0) is 39.0 Å². The molecule has 1 aromatic heterocycles. The minimum absolute atomic E-state index is 0.0434. The number of aromatic nitrogens is 1. The number of hydrogen-bond donors (Lipinski definition) is 0. The van der Waals surface area contributed by atoms with Gasteiger partial charge in [-0.15, -0.1) is 0 Å². The highest BCUT2D eigenvalue weighted by atomic mass is 16.5. The molecule has 3 aliphatic rings. The zero-order valence-electron chi connectivity index (χ0n) is 15.6. The van der Waals surface area contributed by atoms with E-state index in [0.717, 1.165) is 42.9 Å². The summed E-state index contributed by atoms with van der Waals surface area (Å²) in [4.78, 5) is 30.7. The molecular formula is C18H28N4O3. The zero-order valence-corrected chi connectivity index (χ0v) is 15.6. The van der Waals surface area contributed by atoms with Crippen LogP contribution in [0.4, 0.5) is 4.79 Å². The molecule has 138 valence electrons. The van der Waals surface area contributed by atoms with Gasteiger partial charge < -0.3 is 19.2 Å². The van der Waals surface area contributed by atoms with Crippen LogP contribution >= 0.6 is 0 Å². The van der Waals surface area contributed by atoms with Crippen LogP contribution in [0.15, 0.2) is 4.52 Å². The molecule has 0 unspecified atom stereocenters. The van der Waals surface area contributed by atoms with Crippen LogP contribution in [-0.4, -0.2) is 71.6 Å². The average molecular weight is 348 g/mol. The van der Waals surface area contributed by atoms with E-state index in [1.165, 1.54) is 0 Å². The number of carbonyl (C=O) groups excluding carboxylic acids is 2. The van der Waals surface area contributed by atoms with Crippen LogP contribution in [-0.2, 0) is 11.2 Å². The van der Waals surface area contributed by atoms with Gasteiger partial charge in [0.25, 0.3) is 0 Å². The third-order valence-corrected chi connectivity index (χ3v) is 5.46. The Kier molecular flexibility index (Phi) is 5.01. The number of piperidine rings is 1. The van der Waals surface area contributed by atoms with E-state index in [9.17, 15) is 9.59 Å². The Morgan fingerprint density at radius 3 is 2.60 bits per heavy atom. The first kappa shape index (κ1) is 17.8. The topological polar surface area (TPSA) is 69.9 Å². The summed E-state index contributed by atoms with van der Waals surface area (Å²) >= 11 is 0. The Bertz CT molecular complexity index is 635. The van der Waals surface area contributed by atoms with E-state index in [1.807, 2.05) is 23.6 Å². The van der Waals surface area contributed by atoms with Crippen molar-refractivity contribution in [2.75, 3.05) is 33.7 Å². The maximum Gasteiger partial charge on any atom is 0.319 e. The molecule has 3 fully saturated rings. The lowest BCUT2D eigenvalue weighted by atomic mass is 9.94. The molecule has 1 aromatic rings. The Morgan fingerprint density at radius 1 is 1.20 bits per heavy atom. The van der Waals surface area contributed by atoms with E-state index in [0.29, 0.717) is 25.3 Å². The van der Waals surface area contributed by atoms with Gasteiger partial charge >= 0.3 is 6.03 Å². The second kappa shape index (κ2) is 7.06. The lowest BCUT2D eigenvalue weighted by Crippen LogP contribution is -2.48. The molecule has 3 amide bonds. The van der Waals surface area contributed by atoms with E-state index in [-0.39, 0.29) is 18.0 Å². The largest absolute Gasteiger partial charge is 0.361 e. The molecule has 0 radical (unpaired) electrons. The number of nitrogens with zero attached hydrogens (tertiary/aromatic N) is 4. The second-order valence-electron chi connectivity index (χ2n) is 7.53. The quantitative estimate of drug-likeness (QED) is 0.836. The van der Waals surface area contributed by atoms with Crippen molar-refractivity contribution in [3.8, 4) is 0 Å². The second-order valence-corrected chi connectivity index (χ2v) is 7.53. The van der Waals surface area contributed by atoms with Crippen LogP contribution in [0.3, 0.4) is 0 Å². The van der Waals surface area contributed by atoms with Crippen LogP contribution in [0.2, 0.25) is 0 Å². The predicted octanol–water partition coefficient (Wildman–Crippen LogP) is 1.83. The summed E-state index contributed by atoms with van der Waals surface area (Å²) in [5, 5.41) is 3.96. The smallest absolute Gasteiger partial charge is 0.319 e. The lowest BCUT2D eigenvalue weighted by molar-refractivity contribution is -0.135. The highest BCUT2D eigenvalue weighted by Gasteiger charge is 2.38. The van der Waals surface area contributed by atoms with Gasteiger partial charge in [-0.25, -0.2) is 4.79 Å². The van der Waals surface area contributed by atoms with Gasteiger partial charge in [0.15, 0.2) is 0 Å². The fourth-order valence-corrected chi connectivity index (χ4v) is 4.06. The molecule has 4 heterocycles. The molecule has 0 aromatic carbocycles. The van der Waals surface area contributed by atoms with E-state index in [2.05, 4.69) is 5.16 Å². The molecule has 3 saturated heterocycles. The van der Waals surface area contributed by atoms with Crippen molar-refractivity contribution < 1.29 is 14.1 Å². The molecule has 2 atom stereocenters. The number of aryl methyl sites for hydroxylation is 2. The van der Waals surface area contributed by atoms with E-state index in [1.54, 1.807) is 19.0 Å². The van der Waals surface area contributed by atoms with Crippen molar-refractivity contribution in [3.63, 3.8) is 0 Å². The Hall–Kier alpha value is -2.05. The predicted molar refractivity (Wildman–Crippen MR) is 93.2 cm³/mol. The van der Waals surface area contributed by atoms with Gasteiger partial charge in [0.1, 0.15) is 5.76 Å². The monoisotopic (exact) mass is 348 g/mol. The third kappa shape index (κ3) is 3.65. The lowest BCUT2D eigenvalue weighted by Gasteiger charge is -2.36. The minimum atomic E-state index is 0.0434. The molecule has 7 heteroatoms. The van der Waals surface area contributed by atoms with Crippen molar-refractivity contribution >= 4 is 11.9 Å². The summed E-state index contributed by atoms with van der Waals surface area (Å²) in [7, 11) is 3.56.